The van der Waals surface area contributed by atoms with Crippen LogP contribution in [0.15, 0.2) is 60.9 Å². The van der Waals surface area contributed by atoms with Crippen LogP contribution in [0.3, 0.4) is 0 Å². The highest BCUT2D eigenvalue weighted by molar-refractivity contribution is 5.84. The van der Waals surface area contributed by atoms with Gasteiger partial charge in [0.25, 0.3) is 0 Å². The van der Waals surface area contributed by atoms with E-state index in [0.29, 0.717) is 25.3 Å². The molecule has 4 aromatic rings. The Morgan fingerprint density at radius 3 is 2.94 bits per heavy atom. The van der Waals surface area contributed by atoms with Crippen molar-refractivity contribution < 1.29 is 9.53 Å². The second-order valence-electron chi connectivity index (χ2n) is 8.09. The number of piperidine rings is 1. The number of para-hydroxylation sites is 1. The monoisotopic (exact) mass is 429 g/mol. The zero-order chi connectivity index (χ0) is 21.9. The van der Waals surface area contributed by atoms with E-state index in [9.17, 15) is 4.79 Å². The average Bonchev–Trinajstić information content (AvgIpc) is 3.33. The van der Waals surface area contributed by atoms with Gasteiger partial charge in [-0.05, 0) is 50.1 Å². The van der Waals surface area contributed by atoms with Crippen molar-refractivity contribution in [1.29, 1.82) is 0 Å². The van der Waals surface area contributed by atoms with Crippen LogP contribution in [0, 0.1) is 5.92 Å². The Morgan fingerprint density at radius 1 is 1.16 bits per heavy atom. The second kappa shape index (κ2) is 8.86. The lowest BCUT2D eigenvalue weighted by Crippen LogP contribution is -2.43. The molecule has 0 radical (unpaired) electrons. The van der Waals surface area contributed by atoms with Crippen LogP contribution in [0.1, 0.15) is 25.3 Å². The van der Waals surface area contributed by atoms with E-state index in [2.05, 4.69) is 25.7 Å². The molecule has 3 aromatic heterocycles. The summed E-state index contributed by atoms with van der Waals surface area (Å²) in [6.07, 6.45) is 5.62. The summed E-state index contributed by atoms with van der Waals surface area (Å²) in [4.78, 5) is 24.6. The van der Waals surface area contributed by atoms with E-state index in [0.717, 1.165) is 47.6 Å². The minimum atomic E-state index is -0.0840. The number of nitrogens with one attached hydrogen (secondary N) is 1. The molecule has 1 aromatic carbocycles. The molecule has 1 N–H and O–H groups in total. The first-order valence-corrected chi connectivity index (χ1v) is 11.2. The van der Waals surface area contributed by atoms with Gasteiger partial charge >= 0.3 is 0 Å². The Bertz CT molecular complexity index is 1250. The Morgan fingerprint density at radius 2 is 2.03 bits per heavy atom. The van der Waals surface area contributed by atoms with E-state index in [4.69, 9.17) is 9.72 Å². The molecule has 164 valence electrons. The van der Waals surface area contributed by atoms with Gasteiger partial charge in [0.1, 0.15) is 5.75 Å². The number of benzene rings is 1. The number of hydrogen-bond acceptors (Lipinski definition) is 5. The van der Waals surface area contributed by atoms with Crippen LogP contribution in [0.25, 0.3) is 16.7 Å². The van der Waals surface area contributed by atoms with Crippen LogP contribution < -0.4 is 15.0 Å². The number of ether oxygens (including phenoxy) is 1. The minimum absolute atomic E-state index is 0.0753. The summed E-state index contributed by atoms with van der Waals surface area (Å²) in [5.41, 5.74) is 3.73. The van der Waals surface area contributed by atoms with Crippen molar-refractivity contribution in [2.75, 3.05) is 24.6 Å². The summed E-state index contributed by atoms with van der Waals surface area (Å²) in [6, 6.07) is 15.9. The van der Waals surface area contributed by atoms with Crippen LogP contribution >= 0.6 is 0 Å². The smallest absolute Gasteiger partial charge is 0.225 e. The van der Waals surface area contributed by atoms with Gasteiger partial charge in [-0.1, -0.05) is 18.2 Å². The van der Waals surface area contributed by atoms with Crippen molar-refractivity contribution in [3.05, 3.63) is 66.5 Å². The molecule has 1 saturated heterocycles. The van der Waals surface area contributed by atoms with Crippen molar-refractivity contribution in [3.63, 3.8) is 0 Å². The van der Waals surface area contributed by atoms with Gasteiger partial charge in [0.15, 0.2) is 11.5 Å². The van der Waals surface area contributed by atoms with Crippen molar-refractivity contribution >= 4 is 28.4 Å². The van der Waals surface area contributed by atoms with Gasteiger partial charge in [0, 0.05) is 37.6 Å². The standard InChI is InChI=1S/C25H27N5O2/c1-2-32-22-12-4-3-8-18(22)16-27-25(31)19-9-6-14-29(17-19)24-21-11-7-15-30(21)20-10-5-13-26-23(20)28-24/h3-5,7-8,10-13,15,19H,2,6,9,14,16-17H2,1H3,(H,27,31)/t19-/m0/s1. The number of carbonyl (C=O) groups excluding carboxylic acids is 1. The maximum Gasteiger partial charge on any atom is 0.225 e. The number of hydrogen-bond donors (Lipinski definition) is 1. The van der Waals surface area contributed by atoms with Gasteiger partial charge in [-0.15, -0.1) is 0 Å². The fourth-order valence-electron chi connectivity index (χ4n) is 4.48. The zero-order valence-electron chi connectivity index (χ0n) is 18.2. The molecule has 1 atom stereocenters. The van der Waals surface area contributed by atoms with Crippen molar-refractivity contribution in [2.24, 2.45) is 5.92 Å². The maximum atomic E-state index is 13.0. The summed E-state index contributed by atoms with van der Waals surface area (Å²) in [6.45, 7) is 4.55. The molecule has 0 spiro atoms. The first-order chi connectivity index (χ1) is 15.7. The van der Waals surface area contributed by atoms with E-state index in [1.165, 1.54) is 0 Å². The number of pyridine rings is 1. The van der Waals surface area contributed by atoms with Gasteiger partial charge in [0.05, 0.1) is 23.6 Å². The molecule has 7 nitrogen and oxygen atoms in total. The predicted molar refractivity (Wildman–Crippen MR) is 125 cm³/mol. The van der Waals surface area contributed by atoms with Crippen LogP contribution in [-0.4, -0.2) is 40.0 Å². The molecule has 32 heavy (non-hydrogen) atoms. The van der Waals surface area contributed by atoms with Gasteiger partial charge < -0.3 is 19.4 Å². The molecule has 7 heteroatoms. The number of anilines is 1. The average molecular weight is 430 g/mol. The number of rotatable bonds is 6. The Hall–Kier alpha value is -3.61. The van der Waals surface area contributed by atoms with Crippen LogP contribution in [0.2, 0.25) is 0 Å². The number of aromatic nitrogens is 3. The Kier molecular flexibility index (Phi) is 5.62. The lowest BCUT2D eigenvalue weighted by molar-refractivity contribution is -0.125. The van der Waals surface area contributed by atoms with Crippen molar-refractivity contribution in [2.45, 2.75) is 26.3 Å². The van der Waals surface area contributed by atoms with Crippen molar-refractivity contribution in [1.82, 2.24) is 19.7 Å². The molecule has 0 aliphatic carbocycles. The zero-order valence-corrected chi connectivity index (χ0v) is 18.2. The maximum absolute atomic E-state index is 13.0. The van der Waals surface area contributed by atoms with Crippen molar-refractivity contribution in [3.8, 4) is 5.75 Å². The van der Waals surface area contributed by atoms with Crippen LogP contribution in [-0.2, 0) is 11.3 Å². The van der Waals surface area contributed by atoms with E-state index >= 15 is 0 Å². The van der Waals surface area contributed by atoms with E-state index in [-0.39, 0.29) is 11.8 Å². The SMILES string of the molecule is CCOc1ccccc1CNC(=O)[C@H]1CCCN(c2nc3ncccc3n3cccc23)C1. The third-order valence-corrected chi connectivity index (χ3v) is 6.03. The molecule has 1 aliphatic heterocycles. The van der Waals surface area contributed by atoms with E-state index < -0.39 is 0 Å². The number of nitrogens with zero attached hydrogens (tertiary/aromatic N) is 4. The van der Waals surface area contributed by atoms with Gasteiger partial charge in [-0.3, -0.25) is 4.79 Å². The normalized spacial score (nSPS) is 16.4. The summed E-state index contributed by atoms with van der Waals surface area (Å²) >= 11 is 0. The topological polar surface area (TPSA) is 71.8 Å². The first-order valence-electron chi connectivity index (χ1n) is 11.2. The van der Waals surface area contributed by atoms with Gasteiger partial charge in [-0.2, -0.15) is 0 Å². The molecular formula is C25H27N5O2. The van der Waals surface area contributed by atoms with Crippen LogP contribution in [0.4, 0.5) is 5.82 Å². The molecule has 0 bridgehead atoms. The molecule has 1 fully saturated rings. The quantitative estimate of drug-likeness (QED) is 0.505. The summed E-state index contributed by atoms with van der Waals surface area (Å²) in [7, 11) is 0. The molecule has 1 amide bonds. The highest BCUT2D eigenvalue weighted by Gasteiger charge is 2.28. The molecule has 0 saturated carbocycles. The largest absolute Gasteiger partial charge is 0.494 e. The predicted octanol–water partition coefficient (Wildman–Crippen LogP) is 3.81. The number of fused-ring (bicyclic) bond motifs is 3. The van der Waals surface area contributed by atoms with E-state index in [1.54, 1.807) is 6.20 Å². The fraction of sp³-hybridized carbons (Fsp3) is 0.320. The highest BCUT2D eigenvalue weighted by atomic mass is 16.5. The minimum Gasteiger partial charge on any atom is -0.494 e. The molecule has 5 rings (SSSR count). The lowest BCUT2D eigenvalue weighted by atomic mass is 9.97. The fourth-order valence-corrected chi connectivity index (χ4v) is 4.48. The Balaban J connectivity index is 1.34. The lowest BCUT2D eigenvalue weighted by Gasteiger charge is -2.33. The van der Waals surface area contributed by atoms with E-state index in [1.807, 2.05) is 55.6 Å². The molecule has 4 heterocycles. The second-order valence-corrected chi connectivity index (χ2v) is 8.09. The highest BCUT2D eigenvalue weighted by Crippen LogP contribution is 2.28. The number of carbonyl (C=O) groups is 1. The third-order valence-electron chi connectivity index (χ3n) is 6.03. The summed E-state index contributed by atoms with van der Waals surface area (Å²) in [5, 5.41) is 3.12. The third kappa shape index (κ3) is 3.86. The van der Waals surface area contributed by atoms with Gasteiger partial charge in [-0.25, -0.2) is 9.97 Å². The summed E-state index contributed by atoms with van der Waals surface area (Å²) < 4.78 is 7.81. The Labute approximate surface area is 187 Å². The molecule has 0 unspecified atom stereocenters. The first kappa shape index (κ1) is 20.3. The van der Waals surface area contributed by atoms with Crippen LogP contribution in [0.5, 0.6) is 5.75 Å². The summed E-state index contributed by atoms with van der Waals surface area (Å²) in [5.74, 6) is 1.70. The molecular weight excluding hydrogens is 402 g/mol. The number of amides is 1. The molecule has 1 aliphatic rings. The van der Waals surface area contributed by atoms with Gasteiger partial charge in [0.2, 0.25) is 5.91 Å².